The fourth-order valence-corrected chi connectivity index (χ4v) is 3.22. The molecule has 0 aliphatic rings. The quantitative estimate of drug-likeness (QED) is 0.617. The largest absolute Gasteiger partial charge is 0.322 e. The molecule has 4 heteroatoms. The Labute approximate surface area is 138 Å². The summed E-state index contributed by atoms with van der Waals surface area (Å²) in [5, 5.41) is 0. The van der Waals surface area contributed by atoms with Crippen molar-refractivity contribution in [1.29, 1.82) is 0 Å². The Morgan fingerprint density at radius 3 is 2.30 bits per heavy atom. The van der Waals surface area contributed by atoms with Crippen LogP contribution in [0.2, 0.25) is 0 Å². The van der Waals surface area contributed by atoms with Crippen LogP contribution in [0, 0.1) is 0 Å². The normalized spacial score (nSPS) is 11.6. The lowest BCUT2D eigenvalue weighted by atomic mass is 10.3. The third-order valence-electron chi connectivity index (χ3n) is 4.46. The van der Waals surface area contributed by atoms with Crippen molar-refractivity contribution < 1.29 is 4.57 Å². The molecule has 4 nitrogen and oxygen atoms in total. The topological polar surface area (TPSA) is 34.6 Å². The van der Waals surface area contributed by atoms with Crippen molar-refractivity contribution in [1.82, 2.24) is 14.5 Å². The molecule has 0 bridgehead atoms. The second-order valence-corrected chi connectivity index (χ2v) is 6.14. The first-order valence-corrected chi connectivity index (χ1v) is 8.97. The maximum Gasteiger partial charge on any atom is 0.322 e. The van der Waals surface area contributed by atoms with Crippen molar-refractivity contribution >= 4 is 22.3 Å². The van der Waals surface area contributed by atoms with Crippen LogP contribution in [-0.4, -0.2) is 14.5 Å². The van der Waals surface area contributed by atoms with E-state index in [1.807, 2.05) is 12.1 Å². The van der Waals surface area contributed by atoms with Crippen LogP contribution in [0.1, 0.15) is 52.3 Å². The smallest absolute Gasteiger partial charge is 0.241 e. The van der Waals surface area contributed by atoms with E-state index in [9.17, 15) is 0 Å². The summed E-state index contributed by atoms with van der Waals surface area (Å²) in [6.07, 6.45) is 5.76. The van der Waals surface area contributed by atoms with E-state index < -0.39 is 0 Å². The van der Waals surface area contributed by atoms with Crippen molar-refractivity contribution in [3.8, 4) is 0 Å². The van der Waals surface area contributed by atoms with E-state index in [2.05, 4.69) is 42.0 Å². The zero-order valence-electron chi connectivity index (χ0n) is 14.5. The van der Waals surface area contributed by atoms with Crippen molar-refractivity contribution in [2.45, 2.75) is 66.0 Å². The summed E-state index contributed by atoms with van der Waals surface area (Å²) in [6, 6.07) is 8.18. The first kappa shape index (κ1) is 15.9. The third-order valence-corrected chi connectivity index (χ3v) is 4.46. The maximum absolute atomic E-state index is 4.95. The lowest BCUT2D eigenvalue weighted by Gasteiger charge is -2.04. The molecule has 0 radical (unpaired) electrons. The van der Waals surface area contributed by atoms with Gasteiger partial charge in [0.1, 0.15) is 5.52 Å². The average molecular weight is 311 g/mol. The van der Waals surface area contributed by atoms with E-state index in [0.717, 1.165) is 41.8 Å². The maximum atomic E-state index is 4.95. The molecule has 0 aliphatic heterocycles. The highest BCUT2D eigenvalue weighted by Crippen LogP contribution is 2.18. The molecule has 1 aromatic carbocycles. The van der Waals surface area contributed by atoms with Crippen LogP contribution in [0.15, 0.2) is 24.3 Å². The second-order valence-electron chi connectivity index (χ2n) is 6.14. The molecular formula is C19H27N4+. The molecule has 2 aromatic heterocycles. The minimum absolute atomic E-state index is 0.987. The molecule has 23 heavy (non-hydrogen) atoms. The van der Waals surface area contributed by atoms with Crippen molar-refractivity contribution in [2.75, 3.05) is 0 Å². The van der Waals surface area contributed by atoms with Gasteiger partial charge in [-0.25, -0.2) is 14.1 Å². The monoisotopic (exact) mass is 311 g/mol. The molecule has 0 saturated heterocycles. The summed E-state index contributed by atoms with van der Waals surface area (Å²) >= 11 is 0. The minimum Gasteiger partial charge on any atom is -0.241 e. The van der Waals surface area contributed by atoms with Gasteiger partial charge in [0, 0.05) is 6.42 Å². The Kier molecular flexibility index (Phi) is 4.89. The number of hydrogen-bond acceptors (Lipinski definition) is 2. The number of imidazole rings is 1. The Morgan fingerprint density at radius 1 is 0.957 bits per heavy atom. The van der Waals surface area contributed by atoms with Gasteiger partial charge in [-0.3, -0.25) is 0 Å². The number of para-hydroxylation sites is 2. The van der Waals surface area contributed by atoms with Crippen molar-refractivity contribution in [2.24, 2.45) is 0 Å². The number of aryl methyl sites for hydroxylation is 2. The second kappa shape index (κ2) is 7.07. The fraction of sp³-hybridized carbons (Fsp3) is 0.526. The molecule has 2 heterocycles. The summed E-state index contributed by atoms with van der Waals surface area (Å²) < 4.78 is 4.79. The standard InChI is InChI=1S/C19H27N4/c1-4-7-13-22-17(6-3)23(14-8-5-2)19-18(22)20-15-11-9-10-12-16(15)21-19/h9-12H,4-8,13-14H2,1-3H3/q+1. The molecular weight excluding hydrogens is 284 g/mol. The molecule has 0 fully saturated rings. The van der Waals surface area contributed by atoms with Crippen LogP contribution in [0.5, 0.6) is 0 Å². The predicted octanol–water partition coefficient (Wildman–Crippen LogP) is 4.03. The summed E-state index contributed by atoms with van der Waals surface area (Å²) in [5.74, 6) is 1.36. The lowest BCUT2D eigenvalue weighted by molar-refractivity contribution is -0.681. The number of rotatable bonds is 7. The number of benzene rings is 1. The number of fused-ring (bicyclic) bond motifs is 2. The molecule has 0 spiro atoms. The molecule has 3 rings (SSSR count). The van der Waals surface area contributed by atoms with E-state index in [4.69, 9.17) is 9.97 Å². The van der Waals surface area contributed by atoms with Gasteiger partial charge in [-0.1, -0.05) is 50.7 Å². The summed E-state index contributed by atoms with van der Waals surface area (Å²) in [7, 11) is 0. The molecule has 0 N–H and O–H groups in total. The molecule has 3 aromatic rings. The SMILES string of the molecule is CCCCn1c(CC)[n+](CCCC)c2nc3ccccc3nc21. The lowest BCUT2D eigenvalue weighted by Crippen LogP contribution is -2.38. The van der Waals surface area contributed by atoms with Crippen LogP contribution in [0.4, 0.5) is 0 Å². The highest BCUT2D eigenvalue weighted by atomic mass is 15.2. The van der Waals surface area contributed by atoms with Crippen LogP contribution < -0.4 is 4.57 Å². The van der Waals surface area contributed by atoms with Gasteiger partial charge in [0.25, 0.3) is 5.65 Å². The number of hydrogen-bond donors (Lipinski definition) is 0. The Bertz CT molecular complexity index is 739. The summed E-state index contributed by atoms with van der Waals surface area (Å²) in [5.41, 5.74) is 4.07. The first-order chi connectivity index (χ1) is 11.3. The van der Waals surface area contributed by atoms with E-state index in [1.54, 1.807) is 0 Å². The van der Waals surface area contributed by atoms with Gasteiger partial charge in [0.2, 0.25) is 5.82 Å². The zero-order chi connectivity index (χ0) is 16.2. The average Bonchev–Trinajstić information content (AvgIpc) is 2.87. The predicted molar refractivity (Wildman–Crippen MR) is 94.4 cm³/mol. The summed E-state index contributed by atoms with van der Waals surface area (Å²) in [6.45, 7) is 8.77. The van der Waals surface area contributed by atoms with Crippen LogP contribution in [-0.2, 0) is 19.5 Å². The highest BCUT2D eigenvalue weighted by molar-refractivity contribution is 5.81. The van der Waals surface area contributed by atoms with Gasteiger partial charge >= 0.3 is 5.65 Å². The number of unbranched alkanes of at least 4 members (excludes halogenated alkanes) is 2. The van der Waals surface area contributed by atoms with Gasteiger partial charge < -0.3 is 0 Å². The van der Waals surface area contributed by atoms with E-state index in [-0.39, 0.29) is 0 Å². The minimum atomic E-state index is 0.987. The van der Waals surface area contributed by atoms with Crippen molar-refractivity contribution in [3.63, 3.8) is 0 Å². The third kappa shape index (κ3) is 2.94. The molecule has 0 unspecified atom stereocenters. The van der Waals surface area contributed by atoms with Crippen molar-refractivity contribution in [3.05, 3.63) is 30.1 Å². The van der Waals surface area contributed by atoms with Crippen LogP contribution >= 0.6 is 0 Å². The van der Waals surface area contributed by atoms with E-state index >= 15 is 0 Å². The molecule has 0 aliphatic carbocycles. The fourth-order valence-electron chi connectivity index (χ4n) is 3.22. The van der Waals surface area contributed by atoms with Gasteiger partial charge in [-0.15, -0.1) is 0 Å². The molecule has 0 atom stereocenters. The highest BCUT2D eigenvalue weighted by Gasteiger charge is 2.25. The van der Waals surface area contributed by atoms with Gasteiger partial charge in [-0.05, 0) is 25.0 Å². The summed E-state index contributed by atoms with van der Waals surface area (Å²) in [4.78, 5) is 9.90. The number of nitrogens with zero attached hydrogens (tertiary/aromatic N) is 4. The van der Waals surface area contributed by atoms with Crippen LogP contribution in [0.3, 0.4) is 0 Å². The zero-order valence-corrected chi connectivity index (χ0v) is 14.5. The Balaban J connectivity index is 2.25. The van der Waals surface area contributed by atoms with Gasteiger partial charge in [0.05, 0.1) is 13.1 Å². The molecule has 0 saturated carbocycles. The molecule has 122 valence electrons. The van der Waals surface area contributed by atoms with Crippen LogP contribution in [0.25, 0.3) is 22.3 Å². The Morgan fingerprint density at radius 2 is 1.65 bits per heavy atom. The first-order valence-electron chi connectivity index (χ1n) is 8.97. The van der Waals surface area contributed by atoms with E-state index in [0.29, 0.717) is 0 Å². The number of aromatic nitrogens is 4. The molecule has 0 amide bonds. The van der Waals surface area contributed by atoms with Gasteiger partial charge in [0.15, 0.2) is 5.52 Å². The van der Waals surface area contributed by atoms with E-state index in [1.165, 1.54) is 31.5 Å². The van der Waals surface area contributed by atoms with Gasteiger partial charge in [-0.2, -0.15) is 0 Å². The Hall–Kier alpha value is -1.97.